The van der Waals surface area contributed by atoms with Gasteiger partial charge in [-0.1, -0.05) is 11.6 Å². The molecule has 1 fully saturated rings. The van der Waals surface area contributed by atoms with Crippen molar-refractivity contribution in [2.45, 2.75) is 18.9 Å². The molecule has 1 aliphatic rings. The molecule has 1 atom stereocenters. The van der Waals surface area contributed by atoms with E-state index in [1.165, 1.54) is 6.20 Å². The number of aliphatic hydroxyl groups excluding tert-OH is 1. The molecule has 2 heterocycles. The molecular formula is C11H17ClN4O2. The summed E-state index contributed by atoms with van der Waals surface area (Å²) in [7, 11) is 0. The van der Waals surface area contributed by atoms with Crippen LogP contribution in [-0.2, 0) is 0 Å². The Bertz CT molecular complexity index is 445. The lowest BCUT2D eigenvalue weighted by molar-refractivity contribution is 0.300. The first-order chi connectivity index (χ1) is 8.72. The van der Waals surface area contributed by atoms with Crippen molar-refractivity contribution in [1.82, 2.24) is 15.5 Å². The summed E-state index contributed by atoms with van der Waals surface area (Å²) in [5.41, 5.74) is 0.166. The number of hydrogen-bond acceptors (Lipinski definition) is 5. The Morgan fingerprint density at radius 1 is 1.61 bits per heavy atom. The number of aliphatic hydroxyl groups is 1. The molecule has 1 aliphatic heterocycles. The van der Waals surface area contributed by atoms with Gasteiger partial charge in [-0.15, -0.1) is 0 Å². The molecule has 7 heteroatoms. The third-order valence-electron chi connectivity index (χ3n) is 3.09. The van der Waals surface area contributed by atoms with E-state index >= 15 is 0 Å². The standard InChI is InChI=1S/C11H17ClN4O2/c12-10-9(6-14-15-11(10)18)16(4-5-17)7-8-2-1-3-13-8/h6,8,13,17H,1-5,7H2,(H,15,18). The molecule has 1 saturated heterocycles. The number of rotatable bonds is 5. The zero-order valence-electron chi connectivity index (χ0n) is 10.0. The lowest BCUT2D eigenvalue weighted by Crippen LogP contribution is -2.39. The van der Waals surface area contributed by atoms with Crippen molar-refractivity contribution < 1.29 is 5.11 Å². The number of aromatic amines is 1. The summed E-state index contributed by atoms with van der Waals surface area (Å²) in [6.45, 7) is 2.17. The first-order valence-electron chi connectivity index (χ1n) is 6.04. The molecule has 1 aromatic heterocycles. The first-order valence-corrected chi connectivity index (χ1v) is 6.42. The Kier molecular flexibility index (Phi) is 4.57. The Balaban J connectivity index is 2.17. The van der Waals surface area contributed by atoms with Gasteiger partial charge in [-0.2, -0.15) is 5.10 Å². The maximum absolute atomic E-state index is 11.4. The normalized spacial score (nSPS) is 19.1. The van der Waals surface area contributed by atoms with Gasteiger partial charge >= 0.3 is 0 Å². The predicted molar refractivity (Wildman–Crippen MR) is 70.2 cm³/mol. The number of anilines is 1. The number of hydrogen-bond donors (Lipinski definition) is 3. The predicted octanol–water partition coefficient (Wildman–Crippen LogP) is -0.0260. The molecule has 0 radical (unpaired) electrons. The zero-order chi connectivity index (χ0) is 13.0. The fourth-order valence-corrected chi connectivity index (χ4v) is 2.41. The molecule has 0 spiro atoms. The van der Waals surface area contributed by atoms with Crippen LogP contribution in [0, 0.1) is 0 Å². The van der Waals surface area contributed by atoms with Crippen molar-refractivity contribution in [2.24, 2.45) is 0 Å². The van der Waals surface area contributed by atoms with E-state index in [-0.39, 0.29) is 11.6 Å². The minimum Gasteiger partial charge on any atom is -0.395 e. The van der Waals surface area contributed by atoms with Crippen molar-refractivity contribution in [3.05, 3.63) is 21.6 Å². The van der Waals surface area contributed by atoms with Gasteiger partial charge in [0.15, 0.2) is 0 Å². The summed E-state index contributed by atoms with van der Waals surface area (Å²) in [5, 5.41) is 18.7. The van der Waals surface area contributed by atoms with Crippen molar-refractivity contribution in [3.63, 3.8) is 0 Å². The SMILES string of the molecule is O=c1[nH]ncc(N(CCO)CC2CCCN2)c1Cl. The minimum atomic E-state index is -0.406. The average molecular weight is 273 g/mol. The maximum atomic E-state index is 11.4. The number of H-pyrrole nitrogens is 1. The van der Waals surface area contributed by atoms with Crippen LogP contribution >= 0.6 is 11.6 Å². The van der Waals surface area contributed by atoms with Crippen molar-refractivity contribution in [1.29, 1.82) is 0 Å². The van der Waals surface area contributed by atoms with Gasteiger partial charge in [0.2, 0.25) is 0 Å². The van der Waals surface area contributed by atoms with E-state index < -0.39 is 5.56 Å². The molecule has 2 rings (SSSR count). The average Bonchev–Trinajstić information content (AvgIpc) is 2.85. The highest BCUT2D eigenvalue weighted by Gasteiger charge is 2.20. The molecule has 0 saturated carbocycles. The van der Waals surface area contributed by atoms with Crippen LogP contribution in [-0.4, -0.2) is 47.6 Å². The van der Waals surface area contributed by atoms with Gasteiger partial charge in [-0.05, 0) is 19.4 Å². The van der Waals surface area contributed by atoms with Gasteiger partial charge in [0.05, 0.1) is 18.5 Å². The first kappa shape index (κ1) is 13.3. The molecule has 18 heavy (non-hydrogen) atoms. The molecule has 0 bridgehead atoms. The van der Waals surface area contributed by atoms with Crippen LogP contribution < -0.4 is 15.8 Å². The van der Waals surface area contributed by atoms with E-state index in [1.807, 2.05) is 4.90 Å². The number of nitrogens with one attached hydrogen (secondary N) is 2. The van der Waals surface area contributed by atoms with Crippen LogP contribution in [0.4, 0.5) is 5.69 Å². The second-order valence-corrected chi connectivity index (χ2v) is 4.74. The largest absolute Gasteiger partial charge is 0.395 e. The van der Waals surface area contributed by atoms with Crippen LogP contribution in [0.5, 0.6) is 0 Å². The minimum absolute atomic E-state index is 0.00977. The van der Waals surface area contributed by atoms with Crippen molar-refractivity contribution in [2.75, 3.05) is 31.1 Å². The van der Waals surface area contributed by atoms with Crippen molar-refractivity contribution in [3.8, 4) is 0 Å². The fraction of sp³-hybridized carbons (Fsp3) is 0.636. The fourth-order valence-electron chi connectivity index (χ4n) is 2.20. The summed E-state index contributed by atoms with van der Waals surface area (Å²) in [4.78, 5) is 13.3. The van der Waals surface area contributed by atoms with Crippen LogP contribution in [0.2, 0.25) is 5.02 Å². The van der Waals surface area contributed by atoms with Gasteiger partial charge in [-0.25, -0.2) is 5.10 Å². The van der Waals surface area contributed by atoms with E-state index in [9.17, 15) is 4.79 Å². The molecule has 6 nitrogen and oxygen atoms in total. The summed E-state index contributed by atoms with van der Waals surface area (Å²) in [6, 6.07) is 0.368. The highest BCUT2D eigenvalue weighted by atomic mass is 35.5. The summed E-state index contributed by atoms with van der Waals surface area (Å²) in [6.07, 6.45) is 3.77. The second kappa shape index (κ2) is 6.17. The quantitative estimate of drug-likeness (QED) is 0.702. The van der Waals surface area contributed by atoms with E-state index in [0.29, 0.717) is 24.8 Å². The number of nitrogens with zero attached hydrogens (tertiary/aromatic N) is 2. The lowest BCUT2D eigenvalue weighted by Gasteiger charge is -2.27. The number of aromatic nitrogens is 2. The second-order valence-electron chi connectivity index (χ2n) is 4.36. The number of halogens is 1. The smallest absolute Gasteiger partial charge is 0.285 e. The molecule has 0 amide bonds. The Morgan fingerprint density at radius 3 is 3.11 bits per heavy atom. The molecule has 100 valence electrons. The van der Waals surface area contributed by atoms with Crippen molar-refractivity contribution >= 4 is 17.3 Å². The molecule has 1 unspecified atom stereocenters. The molecule has 1 aromatic rings. The Morgan fingerprint density at radius 2 is 2.44 bits per heavy atom. The third kappa shape index (κ3) is 3.01. The third-order valence-corrected chi connectivity index (χ3v) is 3.46. The topological polar surface area (TPSA) is 81.2 Å². The van der Waals surface area contributed by atoms with Gasteiger partial charge in [0, 0.05) is 19.1 Å². The monoisotopic (exact) mass is 272 g/mol. The van der Waals surface area contributed by atoms with E-state index in [1.54, 1.807) is 0 Å². The molecule has 3 N–H and O–H groups in total. The van der Waals surface area contributed by atoms with Gasteiger partial charge in [-0.3, -0.25) is 4.79 Å². The van der Waals surface area contributed by atoms with Crippen LogP contribution in [0.15, 0.2) is 11.0 Å². The van der Waals surface area contributed by atoms with Gasteiger partial charge < -0.3 is 15.3 Å². The van der Waals surface area contributed by atoms with Crippen LogP contribution in [0.1, 0.15) is 12.8 Å². The van der Waals surface area contributed by atoms with E-state index in [4.69, 9.17) is 16.7 Å². The summed E-state index contributed by atoms with van der Waals surface area (Å²) >= 11 is 5.98. The maximum Gasteiger partial charge on any atom is 0.285 e. The zero-order valence-corrected chi connectivity index (χ0v) is 10.8. The Labute approximate surface area is 110 Å². The van der Waals surface area contributed by atoms with Gasteiger partial charge in [0.1, 0.15) is 5.02 Å². The van der Waals surface area contributed by atoms with E-state index in [2.05, 4.69) is 15.5 Å². The summed E-state index contributed by atoms with van der Waals surface area (Å²) < 4.78 is 0. The summed E-state index contributed by atoms with van der Waals surface area (Å²) in [5.74, 6) is 0. The molecule has 0 aliphatic carbocycles. The molecular weight excluding hydrogens is 256 g/mol. The van der Waals surface area contributed by atoms with E-state index in [0.717, 1.165) is 19.4 Å². The molecule has 0 aromatic carbocycles. The van der Waals surface area contributed by atoms with Crippen LogP contribution in [0.3, 0.4) is 0 Å². The Hall–Kier alpha value is -1.11. The highest BCUT2D eigenvalue weighted by molar-refractivity contribution is 6.32. The lowest BCUT2D eigenvalue weighted by atomic mass is 10.2. The van der Waals surface area contributed by atoms with Crippen LogP contribution in [0.25, 0.3) is 0 Å². The van der Waals surface area contributed by atoms with Gasteiger partial charge in [0.25, 0.3) is 5.56 Å². The highest BCUT2D eigenvalue weighted by Crippen LogP contribution is 2.21.